The number of aryl methyl sites for hydroxylation is 1. The lowest BCUT2D eigenvalue weighted by Crippen LogP contribution is -2.36. The molecule has 5 nitrogen and oxygen atoms in total. The number of pyridine rings is 1. The molecule has 5 heteroatoms. The Morgan fingerprint density at radius 2 is 2.26 bits per heavy atom. The molecule has 0 saturated carbocycles. The van der Waals surface area contributed by atoms with Gasteiger partial charge in [-0.2, -0.15) is 5.10 Å². The lowest BCUT2D eigenvalue weighted by atomic mass is 10.1. The zero-order valence-corrected chi connectivity index (χ0v) is 11.9. The van der Waals surface area contributed by atoms with Gasteiger partial charge in [-0.3, -0.25) is 0 Å². The summed E-state index contributed by atoms with van der Waals surface area (Å²) in [5, 5.41) is 7.80. The maximum Gasteiger partial charge on any atom is 0.155 e. The van der Waals surface area contributed by atoms with Crippen molar-refractivity contribution in [2.45, 2.75) is 32.7 Å². The van der Waals surface area contributed by atoms with Crippen LogP contribution in [0.2, 0.25) is 0 Å². The van der Waals surface area contributed by atoms with Gasteiger partial charge in [0.15, 0.2) is 5.65 Å². The zero-order chi connectivity index (χ0) is 13.7. The Balaban J connectivity index is 2.19. The molecule has 0 aromatic carbocycles. The number of hydrogen-bond acceptors (Lipinski definition) is 4. The highest BCUT2D eigenvalue weighted by Gasteiger charge is 2.12. The molecule has 0 bridgehead atoms. The standard InChI is InChI=1S/C14H22N4O/c1-4-5-15-12(9-19-3)8-13-6-11(2)7-14-16-10-17-18(13)14/h6-7,10,12,15H,4-5,8-9H2,1-3H3. The van der Waals surface area contributed by atoms with Crippen LogP contribution >= 0.6 is 0 Å². The van der Waals surface area contributed by atoms with Gasteiger partial charge in [0.25, 0.3) is 0 Å². The molecular weight excluding hydrogens is 240 g/mol. The fraction of sp³-hybridized carbons (Fsp3) is 0.571. The summed E-state index contributed by atoms with van der Waals surface area (Å²) in [6.07, 6.45) is 3.60. The van der Waals surface area contributed by atoms with E-state index >= 15 is 0 Å². The van der Waals surface area contributed by atoms with Crippen LogP contribution in [0.5, 0.6) is 0 Å². The fourth-order valence-corrected chi connectivity index (χ4v) is 2.28. The second-order valence-corrected chi connectivity index (χ2v) is 4.86. The van der Waals surface area contributed by atoms with E-state index in [-0.39, 0.29) is 0 Å². The van der Waals surface area contributed by atoms with Crippen LogP contribution in [-0.4, -0.2) is 40.9 Å². The van der Waals surface area contributed by atoms with E-state index in [4.69, 9.17) is 4.74 Å². The third-order valence-electron chi connectivity index (χ3n) is 3.10. The summed E-state index contributed by atoms with van der Waals surface area (Å²) in [5.41, 5.74) is 3.28. The van der Waals surface area contributed by atoms with Gasteiger partial charge in [0.1, 0.15) is 6.33 Å². The van der Waals surface area contributed by atoms with Crippen molar-refractivity contribution in [2.75, 3.05) is 20.3 Å². The van der Waals surface area contributed by atoms with E-state index in [0.717, 1.165) is 30.7 Å². The third kappa shape index (κ3) is 3.52. The molecule has 1 N–H and O–H groups in total. The van der Waals surface area contributed by atoms with E-state index in [1.165, 1.54) is 5.56 Å². The van der Waals surface area contributed by atoms with Crippen molar-refractivity contribution in [1.82, 2.24) is 19.9 Å². The summed E-state index contributed by atoms with van der Waals surface area (Å²) in [7, 11) is 1.74. The number of nitrogens with one attached hydrogen (secondary N) is 1. The number of hydrogen-bond donors (Lipinski definition) is 1. The highest BCUT2D eigenvalue weighted by molar-refractivity contribution is 5.41. The number of fused-ring (bicyclic) bond motifs is 1. The number of nitrogens with zero attached hydrogens (tertiary/aromatic N) is 3. The summed E-state index contributed by atoms with van der Waals surface area (Å²) < 4.78 is 7.20. The Morgan fingerprint density at radius 1 is 1.42 bits per heavy atom. The maximum absolute atomic E-state index is 5.29. The van der Waals surface area contributed by atoms with Gasteiger partial charge < -0.3 is 10.1 Å². The molecule has 1 atom stereocenters. The molecule has 1 unspecified atom stereocenters. The van der Waals surface area contributed by atoms with E-state index in [1.807, 2.05) is 10.6 Å². The van der Waals surface area contributed by atoms with Gasteiger partial charge in [-0.05, 0) is 37.6 Å². The summed E-state index contributed by atoms with van der Waals surface area (Å²) in [4.78, 5) is 4.26. The highest BCUT2D eigenvalue weighted by Crippen LogP contribution is 2.11. The van der Waals surface area contributed by atoms with Gasteiger partial charge in [0.05, 0.1) is 6.61 Å². The molecule has 2 rings (SSSR count). The van der Waals surface area contributed by atoms with Crippen molar-refractivity contribution < 1.29 is 4.74 Å². The molecule has 0 spiro atoms. The van der Waals surface area contributed by atoms with Gasteiger partial charge in [-0.15, -0.1) is 0 Å². The third-order valence-corrected chi connectivity index (χ3v) is 3.10. The Hall–Kier alpha value is -1.46. The molecule has 2 heterocycles. The largest absolute Gasteiger partial charge is 0.383 e. The highest BCUT2D eigenvalue weighted by atomic mass is 16.5. The van der Waals surface area contributed by atoms with Crippen LogP contribution in [0.1, 0.15) is 24.6 Å². The predicted molar refractivity (Wildman–Crippen MR) is 75.4 cm³/mol. The first-order valence-corrected chi connectivity index (χ1v) is 6.76. The lowest BCUT2D eigenvalue weighted by molar-refractivity contribution is 0.165. The molecule has 0 saturated heterocycles. The second kappa shape index (κ2) is 6.63. The van der Waals surface area contributed by atoms with Crippen LogP contribution in [0.15, 0.2) is 18.5 Å². The lowest BCUT2D eigenvalue weighted by Gasteiger charge is -2.18. The monoisotopic (exact) mass is 262 g/mol. The molecule has 0 radical (unpaired) electrons. The quantitative estimate of drug-likeness (QED) is 0.823. The van der Waals surface area contributed by atoms with Gasteiger partial charge in [0.2, 0.25) is 0 Å². The van der Waals surface area contributed by atoms with Gasteiger partial charge >= 0.3 is 0 Å². The topological polar surface area (TPSA) is 51.5 Å². The Kier molecular flexibility index (Phi) is 4.87. The van der Waals surface area contributed by atoms with E-state index < -0.39 is 0 Å². The molecule has 104 valence electrons. The minimum atomic E-state index is 0.305. The van der Waals surface area contributed by atoms with Crippen LogP contribution in [-0.2, 0) is 11.2 Å². The fourth-order valence-electron chi connectivity index (χ4n) is 2.28. The minimum absolute atomic E-state index is 0.305. The molecule has 2 aromatic rings. The Bertz CT molecular complexity index is 523. The summed E-state index contributed by atoms with van der Waals surface area (Å²) in [6.45, 7) is 5.95. The number of methoxy groups -OCH3 is 1. The van der Waals surface area contributed by atoms with E-state index in [1.54, 1.807) is 13.4 Å². The van der Waals surface area contributed by atoms with Crippen molar-refractivity contribution in [3.8, 4) is 0 Å². The van der Waals surface area contributed by atoms with Crippen LogP contribution in [0.25, 0.3) is 5.65 Å². The van der Waals surface area contributed by atoms with Crippen LogP contribution < -0.4 is 5.32 Å². The molecule has 0 fully saturated rings. The first-order chi connectivity index (χ1) is 9.24. The van der Waals surface area contributed by atoms with Gasteiger partial charge in [0, 0.05) is 25.3 Å². The Labute approximate surface area is 114 Å². The predicted octanol–water partition coefficient (Wildman–Crippen LogP) is 1.59. The van der Waals surface area contributed by atoms with Crippen molar-refractivity contribution in [2.24, 2.45) is 0 Å². The molecule has 2 aromatic heterocycles. The molecular formula is C14H22N4O. The van der Waals surface area contributed by atoms with E-state index in [9.17, 15) is 0 Å². The SMILES string of the molecule is CCCNC(COC)Cc1cc(C)cc2ncnn12. The van der Waals surface area contributed by atoms with Crippen molar-refractivity contribution in [3.63, 3.8) is 0 Å². The first kappa shape index (κ1) is 14.0. The van der Waals surface area contributed by atoms with Gasteiger partial charge in [-0.25, -0.2) is 9.50 Å². The number of aromatic nitrogens is 3. The summed E-state index contributed by atoms with van der Waals surface area (Å²) >= 11 is 0. The van der Waals surface area contributed by atoms with Crippen LogP contribution in [0.3, 0.4) is 0 Å². The smallest absolute Gasteiger partial charge is 0.155 e. The van der Waals surface area contributed by atoms with E-state index in [2.05, 4.69) is 35.3 Å². The average Bonchev–Trinajstić information content (AvgIpc) is 2.84. The summed E-state index contributed by atoms with van der Waals surface area (Å²) in [5.74, 6) is 0. The zero-order valence-electron chi connectivity index (χ0n) is 11.9. The first-order valence-electron chi connectivity index (χ1n) is 6.76. The average molecular weight is 262 g/mol. The molecule has 0 aliphatic rings. The number of ether oxygens (including phenoxy) is 1. The normalized spacial score (nSPS) is 13.0. The molecule has 0 aliphatic carbocycles. The van der Waals surface area contributed by atoms with Crippen molar-refractivity contribution in [3.05, 3.63) is 29.7 Å². The maximum atomic E-state index is 5.29. The molecule has 0 amide bonds. The Morgan fingerprint density at radius 3 is 3.00 bits per heavy atom. The van der Waals surface area contributed by atoms with Crippen molar-refractivity contribution in [1.29, 1.82) is 0 Å². The number of rotatable bonds is 7. The van der Waals surface area contributed by atoms with Crippen LogP contribution in [0.4, 0.5) is 0 Å². The van der Waals surface area contributed by atoms with Crippen molar-refractivity contribution >= 4 is 5.65 Å². The van der Waals surface area contributed by atoms with Crippen LogP contribution in [0, 0.1) is 6.92 Å². The second-order valence-electron chi connectivity index (χ2n) is 4.86. The molecule has 0 aliphatic heterocycles. The van der Waals surface area contributed by atoms with E-state index in [0.29, 0.717) is 12.6 Å². The summed E-state index contributed by atoms with van der Waals surface area (Å²) in [6, 6.07) is 4.51. The minimum Gasteiger partial charge on any atom is -0.383 e. The van der Waals surface area contributed by atoms with Gasteiger partial charge in [-0.1, -0.05) is 6.92 Å². The molecule has 19 heavy (non-hydrogen) atoms.